The molecule has 0 saturated carbocycles. The fourth-order valence-corrected chi connectivity index (χ4v) is 2.48. The third-order valence-electron chi connectivity index (χ3n) is 3.01. The van der Waals surface area contributed by atoms with Crippen molar-refractivity contribution in [2.75, 3.05) is 4.90 Å². The number of rotatable bonds is 2. The van der Waals surface area contributed by atoms with E-state index in [4.69, 9.17) is 0 Å². The first-order chi connectivity index (χ1) is 9.18. The van der Waals surface area contributed by atoms with Gasteiger partial charge in [0.05, 0.1) is 12.1 Å². The van der Waals surface area contributed by atoms with Gasteiger partial charge in [-0.2, -0.15) is 0 Å². The minimum Gasteiger partial charge on any atom is -0.285 e. The topological polar surface area (TPSA) is 50.3 Å². The molecule has 19 heavy (non-hydrogen) atoms. The molecule has 0 N–H and O–H groups in total. The number of benzene rings is 1. The second-order valence-electron chi connectivity index (χ2n) is 4.19. The van der Waals surface area contributed by atoms with Crippen LogP contribution in [0.15, 0.2) is 47.1 Å². The summed E-state index contributed by atoms with van der Waals surface area (Å²) in [4.78, 5) is 29.4. The third-order valence-corrected chi connectivity index (χ3v) is 3.79. The van der Waals surface area contributed by atoms with Crippen molar-refractivity contribution in [2.24, 2.45) is 0 Å². The summed E-state index contributed by atoms with van der Waals surface area (Å²) in [6, 6.07) is 10.9. The van der Waals surface area contributed by atoms with E-state index >= 15 is 0 Å². The highest BCUT2D eigenvalue weighted by Gasteiger charge is 2.36. The second kappa shape index (κ2) is 4.59. The van der Waals surface area contributed by atoms with Crippen LogP contribution in [0, 0.1) is 0 Å². The first kappa shape index (κ1) is 12.0. The summed E-state index contributed by atoms with van der Waals surface area (Å²) in [5.41, 5.74) is 1.31. The summed E-state index contributed by atoms with van der Waals surface area (Å²) >= 11 is 3.44. The molecule has 94 valence electrons. The van der Waals surface area contributed by atoms with E-state index in [1.807, 2.05) is 24.3 Å². The number of Topliss-reactive ketones (excluding diaryl/α,β-unsaturated/α-hetero) is 1. The van der Waals surface area contributed by atoms with Crippen LogP contribution in [0.25, 0.3) is 0 Å². The number of carbonyl (C=O) groups excluding carboxylic acids is 2. The average molecular weight is 317 g/mol. The molecule has 1 amide bonds. The van der Waals surface area contributed by atoms with Gasteiger partial charge < -0.3 is 0 Å². The van der Waals surface area contributed by atoms with Crippen LogP contribution < -0.4 is 4.90 Å². The van der Waals surface area contributed by atoms with Gasteiger partial charge in [0.1, 0.15) is 5.82 Å². The van der Waals surface area contributed by atoms with Gasteiger partial charge in [-0.1, -0.05) is 34.1 Å². The van der Waals surface area contributed by atoms with Gasteiger partial charge in [0.2, 0.25) is 0 Å². The normalized spacial score (nSPS) is 13.8. The number of fused-ring (bicyclic) bond motifs is 1. The van der Waals surface area contributed by atoms with Gasteiger partial charge in [-0.25, -0.2) is 4.98 Å². The Hall–Kier alpha value is -2.01. The first-order valence-electron chi connectivity index (χ1n) is 5.73. The molecule has 5 heteroatoms. The molecule has 0 unspecified atom stereocenters. The maximum absolute atomic E-state index is 12.0. The predicted octanol–water partition coefficient (Wildman–Crippen LogP) is 2.57. The fourth-order valence-electron chi connectivity index (χ4n) is 2.07. The maximum atomic E-state index is 12.0. The first-order valence-corrected chi connectivity index (χ1v) is 6.52. The lowest BCUT2D eigenvalue weighted by Crippen LogP contribution is -2.29. The number of pyridine rings is 1. The molecule has 1 aliphatic heterocycles. The van der Waals surface area contributed by atoms with Crippen LogP contribution in [0.3, 0.4) is 0 Å². The van der Waals surface area contributed by atoms with Gasteiger partial charge in [0.15, 0.2) is 0 Å². The molecule has 1 aromatic carbocycles. The Morgan fingerprint density at radius 2 is 1.89 bits per heavy atom. The molecule has 0 fully saturated rings. The van der Waals surface area contributed by atoms with Crippen LogP contribution in [0.1, 0.15) is 15.9 Å². The van der Waals surface area contributed by atoms with Crippen molar-refractivity contribution < 1.29 is 9.59 Å². The molecule has 2 aromatic rings. The predicted molar refractivity (Wildman–Crippen MR) is 73.9 cm³/mol. The fraction of sp³-hybridized carbons (Fsp3) is 0.0714. The van der Waals surface area contributed by atoms with E-state index in [1.54, 1.807) is 18.3 Å². The summed E-state index contributed by atoms with van der Waals surface area (Å²) in [6.45, 7) is 0.329. The lowest BCUT2D eigenvalue weighted by atomic mass is 10.2. The molecule has 1 aliphatic rings. The summed E-state index contributed by atoms with van der Waals surface area (Å²) in [5.74, 6) is -0.576. The Balaban J connectivity index is 2.01. The zero-order chi connectivity index (χ0) is 13.4. The van der Waals surface area contributed by atoms with Crippen LogP contribution >= 0.6 is 15.9 Å². The maximum Gasteiger partial charge on any atom is 0.301 e. The van der Waals surface area contributed by atoms with Crippen molar-refractivity contribution in [1.82, 2.24) is 4.98 Å². The van der Waals surface area contributed by atoms with E-state index in [1.165, 1.54) is 4.90 Å². The highest BCUT2D eigenvalue weighted by atomic mass is 79.9. The van der Waals surface area contributed by atoms with Crippen LogP contribution in [0.4, 0.5) is 5.82 Å². The smallest absolute Gasteiger partial charge is 0.285 e. The Morgan fingerprint density at radius 3 is 2.68 bits per heavy atom. The zero-order valence-electron chi connectivity index (χ0n) is 9.84. The summed E-state index contributed by atoms with van der Waals surface area (Å²) in [5, 5.41) is 0. The average Bonchev–Trinajstić information content (AvgIpc) is 2.67. The van der Waals surface area contributed by atoms with Crippen LogP contribution in [0.2, 0.25) is 0 Å². The Labute approximate surface area is 118 Å². The number of nitrogens with zero attached hydrogens (tertiary/aromatic N) is 2. The SMILES string of the molecule is O=C1C(=O)N(Cc2ccccc2Br)c2ncccc21. The number of hydrogen-bond donors (Lipinski definition) is 0. The monoisotopic (exact) mass is 316 g/mol. The lowest BCUT2D eigenvalue weighted by molar-refractivity contribution is -0.114. The Kier molecular flexibility index (Phi) is 2.91. The summed E-state index contributed by atoms with van der Waals surface area (Å²) in [7, 11) is 0. The molecule has 0 bridgehead atoms. The van der Waals surface area contributed by atoms with E-state index in [9.17, 15) is 9.59 Å². The molecule has 0 atom stereocenters. The molecule has 0 spiro atoms. The number of hydrogen-bond acceptors (Lipinski definition) is 3. The lowest BCUT2D eigenvalue weighted by Gasteiger charge is -2.16. The second-order valence-corrected chi connectivity index (χ2v) is 5.04. The van der Waals surface area contributed by atoms with E-state index in [0.29, 0.717) is 17.9 Å². The largest absolute Gasteiger partial charge is 0.301 e. The van der Waals surface area contributed by atoms with Gasteiger partial charge in [0, 0.05) is 10.7 Å². The minimum atomic E-state index is -0.524. The Bertz CT molecular complexity index is 685. The van der Waals surface area contributed by atoms with Gasteiger partial charge in [0.25, 0.3) is 5.78 Å². The van der Waals surface area contributed by atoms with Crippen LogP contribution in [0.5, 0.6) is 0 Å². The van der Waals surface area contributed by atoms with E-state index < -0.39 is 11.7 Å². The van der Waals surface area contributed by atoms with Crippen molar-refractivity contribution in [3.05, 3.63) is 58.2 Å². The van der Waals surface area contributed by atoms with Gasteiger partial charge >= 0.3 is 5.91 Å². The van der Waals surface area contributed by atoms with Crippen molar-refractivity contribution in [3.63, 3.8) is 0 Å². The van der Waals surface area contributed by atoms with Crippen molar-refractivity contribution in [3.8, 4) is 0 Å². The van der Waals surface area contributed by atoms with Gasteiger partial charge in [-0.05, 0) is 23.8 Å². The molecule has 1 aromatic heterocycles. The van der Waals surface area contributed by atoms with E-state index in [2.05, 4.69) is 20.9 Å². The summed E-state index contributed by atoms with van der Waals surface area (Å²) < 4.78 is 0.902. The van der Waals surface area contributed by atoms with Crippen molar-refractivity contribution in [1.29, 1.82) is 0 Å². The molecule has 0 radical (unpaired) electrons. The summed E-state index contributed by atoms with van der Waals surface area (Å²) in [6.07, 6.45) is 1.58. The molecular weight excluding hydrogens is 308 g/mol. The number of amides is 1. The number of anilines is 1. The van der Waals surface area contributed by atoms with Crippen LogP contribution in [-0.2, 0) is 11.3 Å². The number of carbonyl (C=O) groups is 2. The molecule has 4 nitrogen and oxygen atoms in total. The molecule has 2 heterocycles. The number of aromatic nitrogens is 1. The number of ketones is 1. The zero-order valence-corrected chi connectivity index (χ0v) is 11.4. The molecule has 3 rings (SSSR count). The van der Waals surface area contributed by atoms with Gasteiger partial charge in [-0.3, -0.25) is 14.5 Å². The highest BCUT2D eigenvalue weighted by molar-refractivity contribution is 9.10. The quantitative estimate of drug-likeness (QED) is 0.800. The highest BCUT2D eigenvalue weighted by Crippen LogP contribution is 2.29. The van der Waals surface area contributed by atoms with E-state index in [-0.39, 0.29) is 0 Å². The van der Waals surface area contributed by atoms with E-state index in [0.717, 1.165) is 10.0 Å². The van der Waals surface area contributed by atoms with Crippen molar-refractivity contribution >= 4 is 33.4 Å². The van der Waals surface area contributed by atoms with Gasteiger partial charge in [-0.15, -0.1) is 0 Å². The molecule has 0 saturated heterocycles. The van der Waals surface area contributed by atoms with Crippen LogP contribution in [-0.4, -0.2) is 16.7 Å². The number of halogens is 1. The van der Waals surface area contributed by atoms with Crippen molar-refractivity contribution in [2.45, 2.75) is 6.54 Å². The third kappa shape index (κ3) is 1.96. The molecular formula is C14H9BrN2O2. The Morgan fingerprint density at radius 1 is 1.11 bits per heavy atom. The minimum absolute atomic E-state index is 0.329. The molecule has 0 aliphatic carbocycles. The standard InChI is InChI=1S/C14H9BrN2O2/c15-11-6-2-1-4-9(11)8-17-13-10(5-3-7-16-13)12(18)14(17)19/h1-7H,8H2.